The highest BCUT2D eigenvalue weighted by Crippen LogP contribution is 2.40. The third-order valence-corrected chi connectivity index (χ3v) is 7.18. The van der Waals surface area contributed by atoms with Crippen LogP contribution in [0.1, 0.15) is 49.3 Å². The first kappa shape index (κ1) is 21.9. The fourth-order valence-electron chi connectivity index (χ4n) is 3.64. The summed E-state index contributed by atoms with van der Waals surface area (Å²) in [7, 11) is 0. The Morgan fingerprint density at radius 2 is 2.09 bits per heavy atom. The number of furan rings is 1. The van der Waals surface area contributed by atoms with Gasteiger partial charge in [-0.25, -0.2) is 4.98 Å². The van der Waals surface area contributed by atoms with Crippen LogP contribution >= 0.6 is 23.1 Å². The second-order valence-electron chi connectivity index (χ2n) is 8.10. The van der Waals surface area contributed by atoms with Gasteiger partial charge in [0.2, 0.25) is 5.91 Å². The van der Waals surface area contributed by atoms with Crippen molar-refractivity contribution in [3.05, 3.63) is 65.2 Å². The molecule has 9 heteroatoms. The lowest BCUT2D eigenvalue weighted by Crippen LogP contribution is -2.14. The average molecular weight is 480 g/mol. The van der Waals surface area contributed by atoms with Gasteiger partial charge in [-0.3, -0.25) is 9.36 Å². The van der Waals surface area contributed by atoms with E-state index in [4.69, 9.17) is 4.42 Å². The van der Waals surface area contributed by atoms with Gasteiger partial charge < -0.3 is 9.73 Å². The number of anilines is 1. The number of carbonyl (C=O) groups excluding carboxylic acids is 1. The molecule has 1 saturated carbocycles. The molecule has 3 aromatic heterocycles. The molecular weight excluding hydrogens is 454 g/mol. The molecule has 0 aliphatic heterocycles. The predicted octanol–water partition coefficient (Wildman–Crippen LogP) is 5.60. The molecule has 1 amide bonds. The summed E-state index contributed by atoms with van der Waals surface area (Å²) in [6, 6.07) is 12.3. The van der Waals surface area contributed by atoms with Gasteiger partial charge in [0, 0.05) is 16.9 Å². The summed E-state index contributed by atoms with van der Waals surface area (Å²) in [4.78, 5) is 17.2. The minimum atomic E-state index is -0.111. The first-order valence-electron chi connectivity index (χ1n) is 11.1. The number of thiazole rings is 1. The molecule has 33 heavy (non-hydrogen) atoms. The number of nitrogens with zero attached hydrogens (tertiary/aromatic N) is 4. The van der Waals surface area contributed by atoms with Crippen LogP contribution in [0.4, 0.5) is 5.13 Å². The average Bonchev–Trinajstić information content (AvgIpc) is 3.19. The van der Waals surface area contributed by atoms with Crippen molar-refractivity contribution in [3.63, 3.8) is 0 Å². The first-order chi connectivity index (χ1) is 16.2. The summed E-state index contributed by atoms with van der Waals surface area (Å²) in [6.45, 7) is 2.75. The molecule has 0 bridgehead atoms. The molecule has 1 fully saturated rings. The number of hydrogen-bond acceptors (Lipinski definition) is 7. The van der Waals surface area contributed by atoms with Crippen molar-refractivity contribution in [1.82, 2.24) is 19.7 Å². The number of hydrogen-bond donors (Lipinski definition) is 1. The van der Waals surface area contributed by atoms with Gasteiger partial charge in [-0.2, -0.15) is 0 Å². The molecule has 170 valence electrons. The predicted molar refractivity (Wildman–Crippen MR) is 131 cm³/mol. The second kappa shape index (κ2) is 9.93. The fourth-order valence-corrected chi connectivity index (χ4v) is 5.12. The highest BCUT2D eigenvalue weighted by Gasteiger charge is 2.30. The van der Waals surface area contributed by atoms with Crippen LogP contribution in [0.25, 0.3) is 11.3 Å². The van der Waals surface area contributed by atoms with Gasteiger partial charge in [0.25, 0.3) is 0 Å². The van der Waals surface area contributed by atoms with Gasteiger partial charge in [-0.05, 0) is 37.0 Å². The van der Waals surface area contributed by atoms with Crippen molar-refractivity contribution in [2.45, 2.75) is 50.2 Å². The van der Waals surface area contributed by atoms with Crippen LogP contribution in [0.5, 0.6) is 0 Å². The van der Waals surface area contributed by atoms with Gasteiger partial charge >= 0.3 is 0 Å². The minimum Gasteiger partial charge on any atom is -0.467 e. The first-order valence-corrected chi connectivity index (χ1v) is 13.0. The van der Waals surface area contributed by atoms with Gasteiger partial charge in [-0.1, -0.05) is 49.4 Å². The zero-order chi connectivity index (χ0) is 22.6. The van der Waals surface area contributed by atoms with E-state index in [1.165, 1.54) is 28.7 Å². The summed E-state index contributed by atoms with van der Waals surface area (Å²) in [5, 5.41) is 14.9. The zero-order valence-corrected chi connectivity index (χ0v) is 20.0. The highest BCUT2D eigenvalue weighted by atomic mass is 32.2. The van der Waals surface area contributed by atoms with E-state index in [0.29, 0.717) is 17.6 Å². The van der Waals surface area contributed by atoms with E-state index >= 15 is 0 Å². The summed E-state index contributed by atoms with van der Waals surface area (Å²) in [5.74, 6) is 2.41. The molecule has 0 radical (unpaired) electrons. The number of nitrogens with one attached hydrogen (secondary N) is 1. The SMILES string of the molecule is CCCc1ccc(-c2csc(NC(=O)CSc3nnc(C4CC4)n3Cc3ccco3)n2)cc1. The van der Waals surface area contributed by atoms with Crippen LogP contribution in [0, 0.1) is 0 Å². The summed E-state index contributed by atoms with van der Waals surface area (Å²) < 4.78 is 7.57. The molecule has 1 aliphatic carbocycles. The normalized spacial score (nSPS) is 13.4. The van der Waals surface area contributed by atoms with Crippen LogP contribution in [0.2, 0.25) is 0 Å². The van der Waals surface area contributed by atoms with Gasteiger partial charge in [0.15, 0.2) is 10.3 Å². The monoisotopic (exact) mass is 479 g/mol. The molecule has 7 nitrogen and oxygen atoms in total. The topological polar surface area (TPSA) is 85.8 Å². The Balaban J connectivity index is 1.20. The number of aromatic nitrogens is 4. The summed E-state index contributed by atoms with van der Waals surface area (Å²) in [6.07, 6.45) is 6.14. The number of carbonyl (C=O) groups is 1. The minimum absolute atomic E-state index is 0.111. The maximum atomic E-state index is 12.6. The van der Waals surface area contributed by atoms with Crippen molar-refractivity contribution >= 4 is 34.1 Å². The zero-order valence-electron chi connectivity index (χ0n) is 18.4. The standard InChI is InChI=1S/C24H25N5O2S2/c1-2-4-16-6-8-17(9-7-16)20-14-32-23(25-20)26-21(30)15-33-24-28-27-22(18-10-11-18)29(24)13-19-5-3-12-31-19/h3,5-9,12,14,18H,2,4,10-11,13,15H2,1H3,(H,25,26,30). The molecule has 1 N–H and O–H groups in total. The van der Waals surface area contributed by atoms with Crippen LogP contribution in [-0.2, 0) is 17.8 Å². The largest absolute Gasteiger partial charge is 0.467 e. The molecule has 5 rings (SSSR count). The Labute approximate surface area is 200 Å². The lowest BCUT2D eigenvalue weighted by molar-refractivity contribution is -0.113. The Morgan fingerprint density at radius 1 is 1.24 bits per heavy atom. The second-order valence-corrected chi connectivity index (χ2v) is 9.90. The Kier molecular flexibility index (Phi) is 6.59. The molecule has 4 aromatic rings. The van der Waals surface area contributed by atoms with Crippen molar-refractivity contribution < 1.29 is 9.21 Å². The quantitative estimate of drug-likeness (QED) is 0.298. The van der Waals surface area contributed by atoms with E-state index < -0.39 is 0 Å². The smallest absolute Gasteiger partial charge is 0.236 e. The van der Waals surface area contributed by atoms with Gasteiger partial charge in [0.05, 0.1) is 24.3 Å². The van der Waals surface area contributed by atoms with E-state index in [0.717, 1.165) is 53.7 Å². The molecule has 0 unspecified atom stereocenters. The Hall–Kier alpha value is -2.91. The van der Waals surface area contributed by atoms with Crippen molar-refractivity contribution in [2.24, 2.45) is 0 Å². The van der Waals surface area contributed by atoms with E-state index in [2.05, 4.69) is 56.3 Å². The van der Waals surface area contributed by atoms with E-state index in [1.807, 2.05) is 17.5 Å². The maximum Gasteiger partial charge on any atom is 0.236 e. The van der Waals surface area contributed by atoms with Crippen LogP contribution in [0.15, 0.2) is 57.6 Å². The molecular formula is C24H25N5O2S2. The van der Waals surface area contributed by atoms with E-state index in [1.54, 1.807) is 6.26 Å². The lowest BCUT2D eigenvalue weighted by Gasteiger charge is -2.08. The highest BCUT2D eigenvalue weighted by molar-refractivity contribution is 7.99. The molecule has 1 aromatic carbocycles. The fraction of sp³-hybridized carbons (Fsp3) is 0.333. The number of amides is 1. The van der Waals surface area contributed by atoms with Gasteiger partial charge in [0.1, 0.15) is 11.6 Å². The maximum absolute atomic E-state index is 12.6. The Bertz CT molecular complexity index is 1210. The molecule has 0 atom stereocenters. The summed E-state index contributed by atoms with van der Waals surface area (Å²) in [5.41, 5.74) is 3.25. The van der Waals surface area contributed by atoms with Crippen LogP contribution in [-0.4, -0.2) is 31.4 Å². The number of rotatable bonds is 10. The lowest BCUT2D eigenvalue weighted by atomic mass is 10.1. The third kappa shape index (κ3) is 5.36. The van der Waals surface area contributed by atoms with E-state index in [9.17, 15) is 4.79 Å². The molecule has 3 heterocycles. The number of aryl methyl sites for hydroxylation is 1. The Morgan fingerprint density at radius 3 is 2.82 bits per heavy atom. The van der Waals surface area contributed by atoms with Gasteiger partial charge in [-0.15, -0.1) is 21.5 Å². The van der Waals surface area contributed by atoms with Crippen LogP contribution in [0.3, 0.4) is 0 Å². The molecule has 0 spiro atoms. The number of thioether (sulfide) groups is 1. The summed E-state index contributed by atoms with van der Waals surface area (Å²) >= 11 is 2.82. The van der Waals surface area contributed by atoms with Crippen molar-refractivity contribution in [2.75, 3.05) is 11.1 Å². The van der Waals surface area contributed by atoms with Crippen molar-refractivity contribution in [3.8, 4) is 11.3 Å². The van der Waals surface area contributed by atoms with Crippen molar-refractivity contribution in [1.29, 1.82) is 0 Å². The third-order valence-electron chi connectivity index (χ3n) is 5.45. The van der Waals surface area contributed by atoms with Crippen LogP contribution < -0.4 is 5.32 Å². The van der Waals surface area contributed by atoms with E-state index in [-0.39, 0.29) is 11.7 Å². The molecule has 1 aliphatic rings. The number of benzene rings is 1. The molecule has 0 saturated heterocycles.